The van der Waals surface area contributed by atoms with Crippen molar-refractivity contribution in [3.8, 4) is 0 Å². The predicted octanol–water partition coefficient (Wildman–Crippen LogP) is 2.46. The normalized spacial score (nSPS) is 10.4. The van der Waals surface area contributed by atoms with Crippen LogP contribution in [0.4, 0.5) is 0 Å². The topological polar surface area (TPSA) is 3.88 Å². The van der Waals surface area contributed by atoms with Crippen molar-refractivity contribution < 1.29 is 21.5 Å². The number of rotatable bonds is 12. The summed E-state index contributed by atoms with van der Waals surface area (Å²) in [6, 6.07) is 4.62. The molecule has 1 heterocycles. The molecule has 2 heteroatoms. The number of nitrogens with zero attached hydrogens (tertiary/aromatic N) is 1. The van der Waals surface area contributed by atoms with E-state index in [0.29, 0.717) is 0 Å². The molecule has 1 aromatic heterocycles. The fourth-order valence-electron chi connectivity index (χ4n) is 2.63. The molecule has 0 fully saturated rings. The fourth-order valence-corrected chi connectivity index (χ4v) is 2.63. The second kappa shape index (κ2) is 14.6. The third-order valence-corrected chi connectivity index (χ3v) is 4.05. The second-order valence-corrected chi connectivity index (χ2v) is 6.02. The van der Waals surface area contributed by atoms with E-state index in [0.717, 1.165) is 0 Å². The fraction of sp³-hybridized carbons (Fsp3) is 0.737. The molecule has 0 saturated heterocycles. The van der Waals surface area contributed by atoms with Gasteiger partial charge in [-0.05, 0) is 24.8 Å². The number of pyridine rings is 1. The Bertz CT molecular complexity index is 321. The molecule has 0 aliphatic heterocycles. The third kappa shape index (κ3) is 10.9. The van der Waals surface area contributed by atoms with E-state index in [2.05, 4.69) is 42.9 Å². The Balaban J connectivity index is 0.00000400. The van der Waals surface area contributed by atoms with Crippen molar-refractivity contribution in [1.82, 2.24) is 0 Å². The molecule has 0 atom stereocenters. The van der Waals surface area contributed by atoms with Crippen LogP contribution >= 0.6 is 0 Å². The van der Waals surface area contributed by atoms with Gasteiger partial charge in [-0.15, -0.1) is 0 Å². The summed E-state index contributed by atoms with van der Waals surface area (Å²) in [5.74, 6) is 0. The first-order valence-electron chi connectivity index (χ1n) is 8.84. The minimum Gasteiger partial charge on any atom is -1.00 e. The van der Waals surface area contributed by atoms with Crippen molar-refractivity contribution >= 4 is 0 Å². The molecule has 0 bridgehead atoms. The average Bonchev–Trinajstić information content (AvgIpc) is 2.49. The molecule has 122 valence electrons. The Hall–Kier alpha value is -0.370. The summed E-state index contributed by atoms with van der Waals surface area (Å²) in [5.41, 5.74) is 1.50. The van der Waals surface area contributed by atoms with Crippen LogP contribution in [0.25, 0.3) is 0 Å². The average molecular weight is 356 g/mol. The molecule has 0 aliphatic rings. The van der Waals surface area contributed by atoms with E-state index in [1.807, 2.05) is 0 Å². The quantitative estimate of drug-likeness (QED) is 0.400. The summed E-state index contributed by atoms with van der Waals surface area (Å²) in [5, 5.41) is 0. The van der Waals surface area contributed by atoms with Crippen molar-refractivity contribution in [2.24, 2.45) is 0 Å². The van der Waals surface area contributed by atoms with Gasteiger partial charge in [0.05, 0.1) is 0 Å². The first-order valence-corrected chi connectivity index (χ1v) is 8.84. The molecule has 1 nitrogen and oxygen atoms in total. The number of aromatic nitrogens is 1. The Morgan fingerprint density at radius 3 is 1.86 bits per heavy atom. The standard InChI is InChI=1S/C19H34N.BrH/c1-3-5-7-9-10-12-16-20-17-14-19(15-18-20)13-11-8-6-4-2;/h14-15,17-18H,3-13,16H2,1-2H3;1H/q+1;/p-1. The Morgan fingerprint density at radius 1 is 0.714 bits per heavy atom. The molecule has 0 spiro atoms. The number of hydrogen-bond acceptors (Lipinski definition) is 0. The largest absolute Gasteiger partial charge is 1.00 e. The van der Waals surface area contributed by atoms with Crippen LogP contribution < -0.4 is 21.5 Å². The van der Waals surface area contributed by atoms with E-state index in [-0.39, 0.29) is 17.0 Å². The molecule has 0 radical (unpaired) electrons. The zero-order chi connectivity index (χ0) is 14.5. The maximum absolute atomic E-state index is 2.34. The van der Waals surface area contributed by atoms with Gasteiger partial charge in [0, 0.05) is 18.6 Å². The van der Waals surface area contributed by atoms with Gasteiger partial charge in [-0.2, -0.15) is 0 Å². The highest BCUT2D eigenvalue weighted by atomic mass is 79.9. The second-order valence-electron chi connectivity index (χ2n) is 6.02. The SMILES string of the molecule is CCCCCCCC[n+]1ccc(CCCCCC)cc1.[Br-]. The van der Waals surface area contributed by atoms with Gasteiger partial charge in [0.15, 0.2) is 12.4 Å². The molecule has 21 heavy (non-hydrogen) atoms. The lowest BCUT2D eigenvalue weighted by molar-refractivity contribution is -0.697. The van der Waals surface area contributed by atoms with E-state index >= 15 is 0 Å². The lowest BCUT2D eigenvalue weighted by atomic mass is 10.1. The molecule has 0 unspecified atom stereocenters. The highest BCUT2D eigenvalue weighted by molar-refractivity contribution is 5.07. The summed E-state index contributed by atoms with van der Waals surface area (Å²) >= 11 is 0. The van der Waals surface area contributed by atoms with Crippen molar-refractivity contribution in [2.75, 3.05) is 0 Å². The Morgan fingerprint density at radius 2 is 1.24 bits per heavy atom. The van der Waals surface area contributed by atoms with Crippen LogP contribution in [0.1, 0.15) is 83.6 Å². The van der Waals surface area contributed by atoms with Gasteiger partial charge in [0.2, 0.25) is 0 Å². The highest BCUT2D eigenvalue weighted by Gasteiger charge is 2.01. The minimum absolute atomic E-state index is 0. The van der Waals surface area contributed by atoms with Gasteiger partial charge < -0.3 is 17.0 Å². The Labute approximate surface area is 142 Å². The zero-order valence-corrected chi connectivity index (χ0v) is 15.7. The van der Waals surface area contributed by atoms with Crippen LogP contribution in [0.15, 0.2) is 24.5 Å². The lowest BCUT2D eigenvalue weighted by Crippen LogP contribution is -3.00. The monoisotopic (exact) mass is 355 g/mol. The molecular weight excluding hydrogens is 322 g/mol. The van der Waals surface area contributed by atoms with Gasteiger partial charge in [0.25, 0.3) is 0 Å². The molecule has 0 saturated carbocycles. The van der Waals surface area contributed by atoms with Crippen molar-refractivity contribution in [3.05, 3.63) is 30.1 Å². The summed E-state index contributed by atoms with van der Waals surface area (Å²) in [6.07, 6.45) is 19.5. The van der Waals surface area contributed by atoms with E-state index in [1.54, 1.807) is 0 Å². The van der Waals surface area contributed by atoms with Crippen LogP contribution in [-0.4, -0.2) is 0 Å². The predicted molar refractivity (Wildman–Crippen MR) is 87.9 cm³/mol. The summed E-state index contributed by atoms with van der Waals surface area (Å²) in [4.78, 5) is 0. The van der Waals surface area contributed by atoms with Crippen LogP contribution in [0, 0.1) is 0 Å². The van der Waals surface area contributed by atoms with Gasteiger partial charge in [-0.1, -0.05) is 58.8 Å². The molecule has 0 aromatic carbocycles. The van der Waals surface area contributed by atoms with Gasteiger partial charge in [0.1, 0.15) is 6.54 Å². The summed E-state index contributed by atoms with van der Waals surface area (Å²) in [7, 11) is 0. The highest BCUT2D eigenvalue weighted by Crippen LogP contribution is 2.07. The number of aryl methyl sites for hydroxylation is 2. The maximum atomic E-state index is 2.34. The smallest absolute Gasteiger partial charge is 0.169 e. The first-order chi connectivity index (χ1) is 9.86. The van der Waals surface area contributed by atoms with Crippen LogP contribution in [-0.2, 0) is 13.0 Å². The molecule has 1 aromatic rings. The summed E-state index contributed by atoms with van der Waals surface area (Å²) in [6.45, 7) is 5.73. The third-order valence-electron chi connectivity index (χ3n) is 4.05. The van der Waals surface area contributed by atoms with E-state index in [1.165, 1.54) is 82.7 Å². The minimum atomic E-state index is 0. The molecule has 1 rings (SSSR count). The summed E-state index contributed by atoms with van der Waals surface area (Å²) < 4.78 is 2.34. The number of hydrogen-bond donors (Lipinski definition) is 0. The van der Waals surface area contributed by atoms with Crippen molar-refractivity contribution in [1.29, 1.82) is 0 Å². The van der Waals surface area contributed by atoms with Crippen LogP contribution in [0.5, 0.6) is 0 Å². The first kappa shape index (κ1) is 20.6. The maximum Gasteiger partial charge on any atom is 0.169 e. The molecule has 0 N–H and O–H groups in total. The van der Waals surface area contributed by atoms with E-state index < -0.39 is 0 Å². The van der Waals surface area contributed by atoms with Crippen molar-refractivity contribution in [2.45, 2.75) is 91.0 Å². The van der Waals surface area contributed by atoms with Crippen molar-refractivity contribution in [3.63, 3.8) is 0 Å². The van der Waals surface area contributed by atoms with E-state index in [4.69, 9.17) is 0 Å². The molecular formula is C19H34BrN. The van der Waals surface area contributed by atoms with Crippen LogP contribution in [0.2, 0.25) is 0 Å². The molecule has 0 aliphatic carbocycles. The van der Waals surface area contributed by atoms with Crippen LogP contribution in [0.3, 0.4) is 0 Å². The zero-order valence-electron chi connectivity index (χ0n) is 14.1. The number of halogens is 1. The Kier molecular flexibility index (Phi) is 14.3. The van der Waals surface area contributed by atoms with Gasteiger partial charge in [-0.25, -0.2) is 4.57 Å². The lowest BCUT2D eigenvalue weighted by Gasteiger charge is -2.02. The molecule has 0 amide bonds. The van der Waals surface area contributed by atoms with Gasteiger partial charge in [-0.3, -0.25) is 0 Å². The van der Waals surface area contributed by atoms with Gasteiger partial charge >= 0.3 is 0 Å². The van der Waals surface area contributed by atoms with E-state index in [9.17, 15) is 0 Å². The number of unbranched alkanes of at least 4 members (excludes halogenated alkanes) is 8.